The standard InChI is InChI=1S/C12H10S3/c13-9-6-7-11(14)12(8-9)15-10-4-2-1-3-5-10/h1-8,13-14H. The first kappa shape index (κ1) is 11.0. The van der Waals surface area contributed by atoms with Crippen LogP contribution < -0.4 is 0 Å². The summed E-state index contributed by atoms with van der Waals surface area (Å²) < 4.78 is 0. The van der Waals surface area contributed by atoms with Crippen molar-refractivity contribution in [1.29, 1.82) is 0 Å². The molecule has 0 aliphatic carbocycles. The van der Waals surface area contributed by atoms with Crippen molar-refractivity contribution in [2.45, 2.75) is 19.6 Å². The Bertz CT molecular complexity index is 452. The lowest BCUT2D eigenvalue weighted by atomic mass is 10.4. The Kier molecular flexibility index (Phi) is 3.67. The van der Waals surface area contributed by atoms with Gasteiger partial charge in [-0.15, -0.1) is 25.3 Å². The second-order valence-corrected chi connectivity index (χ2v) is 5.18. The van der Waals surface area contributed by atoms with E-state index in [2.05, 4.69) is 37.4 Å². The second-order valence-electron chi connectivity index (χ2n) is 3.07. The predicted octanol–water partition coefficient (Wildman–Crippen LogP) is 4.42. The van der Waals surface area contributed by atoms with Crippen LogP contribution in [0.1, 0.15) is 0 Å². The number of hydrogen-bond donors (Lipinski definition) is 2. The summed E-state index contributed by atoms with van der Waals surface area (Å²) in [5.41, 5.74) is 0. The summed E-state index contributed by atoms with van der Waals surface area (Å²) in [6.07, 6.45) is 0. The Morgan fingerprint density at radius 1 is 0.867 bits per heavy atom. The molecule has 0 spiro atoms. The Balaban J connectivity index is 2.28. The van der Waals surface area contributed by atoms with E-state index < -0.39 is 0 Å². The van der Waals surface area contributed by atoms with Crippen LogP contribution in [0.15, 0.2) is 68.1 Å². The zero-order chi connectivity index (χ0) is 10.7. The van der Waals surface area contributed by atoms with E-state index in [1.165, 1.54) is 4.90 Å². The molecule has 0 radical (unpaired) electrons. The number of hydrogen-bond acceptors (Lipinski definition) is 3. The van der Waals surface area contributed by atoms with Crippen LogP contribution in [0.3, 0.4) is 0 Å². The molecule has 0 saturated carbocycles. The molecular weight excluding hydrogens is 240 g/mol. The van der Waals surface area contributed by atoms with Crippen LogP contribution in [0.25, 0.3) is 0 Å². The summed E-state index contributed by atoms with van der Waals surface area (Å²) in [4.78, 5) is 4.30. The van der Waals surface area contributed by atoms with Crippen LogP contribution in [-0.4, -0.2) is 0 Å². The molecule has 0 nitrogen and oxygen atoms in total. The van der Waals surface area contributed by atoms with E-state index in [1.807, 2.05) is 36.4 Å². The van der Waals surface area contributed by atoms with Crippen LogP contribution in [0, 0.1) is 0 Å². The fourth-order valence-electron chi connectivity index (χ4n) is 1.20. The monoisotopic (exact) mass is 250 g/mol. The molecule has 0 bridgehead atoms. The molecule has 76 valence electrons. The third-order valence-electron chi connectivity index (χ3n) is 1.91. The summed E-state index contributed by atoms with van der Waals surface area (Å²) in [5.74, 6) is 0. The average Bonchev–Trinajstić information content (AvgIpc) is 2.25. The summed E-state index contributed by atoms with van der Waals surface area (Å²) in [7, 11) is 0. The van der Waals surface area contributed by atoms with Crippen LogP contribution in [0.2, 0.25) is 0 Å². The van der Waals surface area contributed by atoms with Crippen LogP contribution in [0.5, 0.6) is 0 Å². The van der Waals surface area contributed by atoms with Crippen molar-refractivity contribution in [3.8, 4) is 0 Å². The molecule has 2 aromatic rings. The maximum Gasteiger partial charge on any atom is 0.0266 e. The van der Waals surface area contributed by atoms with E-state index in [1.54, 1.807) is 11.8 Å². The first-order chi connectivity index (χ1) is 7.25. The minimum atomic E-state index is 0.964. The first-order valence-corrected chi connectivity index (χ1v) is 6.22. The van der Waals surface area contributed by atoms with Crippen molar-refractivity contribution < 1.29 is 0 Å². The van der Waals surface area contributed by atoms with Gasteiger partial charge in [0.2, 0.25) is 0 Å². The molecular formula is C12H10S3. The topological polar surface area (TPSA) is 0 Å². The van der Waals surface area contributed by atoms with Crippen LogP contribution >= 0.6 is 37.0 Å². The molecule has 0 heterocycles. The molecule has 2 rings (SSSR count). The third kappa shape index (κ3) is 2.97. The Morgan fingerprint density at radius 2 is 1.60 bits per heavy atom. The van der Waals surface area contributed by atoms with Gasteiger partial charge in [-0.2, -0.15) is 0 Å². The van der Waals surface area contributed by atoms with Gasteiger partial charge in [0.15, 0.2) is 0 Å². The van der Waals surface area contributed by atoms with E-state index in [0.29, 0.717) is 0 Å². The highest BCUT2D eigenvalue weighted by atomic mass is 32.2. The van der Waals surface area contributed by atoms with Gasteiger partial charge in [0, 0.05) is 19.6 Å². The Labute approximate surface area is 105 Å². The fourth-order valence-corrected chi connectivity index (χ4v) is 2.67. The Hall–Kier alpha value is -0.510. The van der Waals surface area contributed by atoms with Gasteiger partial charge in [0.1, 0.15) is 0 Å². The molecule has 0 unspecified atom stereocenters. The van der Waals surface area contributed by atoms with E-state index in [4.69, 9.17) is 0 Å². The van der Waals surface area contributed by atoms with Crippen LogP contribution in [-0.2, 0) is 0 Å². The second kappa shape index (κ2) is 5.01. The minimum absolute atomic E-state index is 0.964. The molecule has 0 aliphatic rings. The van der Waals surface area contributed by atoms with E-state index >= 15 is 0 Å². The lowest BCUT2D eigenvalue weighted by Crippen LogP contribution is -1.77. The highest BCUT2D eigenvalue weighted by Crippen LogP contribution is 2.33. The van der Waals surface area contributed by atoms with Gasteiger partial charge in [-0.25, -0.2) is 0 Å². The van der Waals surface area contributed by atoms with Crippen molar-refractivity contribution in [2.24, 2.45) is 0 Å². The third-order valence-corrected chi connectivity index (χ3v) is 3.80. The molecule has 15 heavy (non-hydrogen) atoms. The van der Waals surface area contributed by atoms with Crippen molar-refractivity contribution in [2.75, 3.05) is 0 Å². The van der Waals surface area contributed by atoms with Gasteiger partial charge in [-0.3, -0.25) is 0 Å². The van der Waals surface area contributed by atoms with Gasteiger partial charge in [0.25, 0.3) is 0 Å². The number of benzene rings is 2. The molecule has 0 fully saturated rings. The van der Waals surface area contributed by atoms with E-state index in [9.17, 15) is 0 Å². The van der Waals surface area contributed by atoms with Crippen molar-refractivity contribution in [1.82, 2.24) is 0 Å². The molecule has 2 aromatic carbocycles. The van der Waals surface area contributed by atoms with E-state index in [0.717, 1.165) is 14.7 Å². The van der Waals surface area contributed by atoms with Crippen LogP contribution in [0.4, 0.5) is 0 Å². The van der Waals surface area contributed by atoms with Gasteiger partial charge >= 0.3 is 0 Å². The van der Waals surface area contributed by atoms with Crippen molar-refractivity contribution in [3.05, 3.63) is 48.5 Å². The molecule has 0 amide bonds. The molecule has 0 N–H and O–H groups in total. The molecule has 0 atom stereocenters. The van der Waals surface area contributed by atoms with Gasteiger partial charge in [0.05, 0.1) is 0 Å². The predicted molar refractivity (Wildman–Crippen MR) is 71.5 cm³/mol. The molecule has 0 aliphatic heterocycles. The zero-order valence-electron chi connectivity index (χ0n) is 7.92. The molecule has 3 heteroatoms. The number of thiol groups is 2. The van der Waals surface area contributed by atoms with Crippen molar-refractivity contribution in [3.63, 3.8) is 0 Å². The summed E-state index contributed by atoms with van der Waals surface area (Å²) in [6.45, 7) is 0. The Morgan fingerprint density at radius 3 is 2.33 bits per heavy atom. The normalized spacial score (nSPS) is 10.3. The maximum absolute atomic E-state index is 4.42. The smallest absolute Gasteiger partial charge is 0.0266 e. The summed E-state index contributed by atoms with van der Waals surface area (Å²) in [6, 6.07) is 16.2. The summed E-state index contributed by atoms with van der Waals surface area (Å²) in [5, 5.41) is 0. The lowest BCUT2D eigenvalue weighted by molar-refractivity contribution is 1.19. The van der Waals surface area contributed by atoms with Crippen molar-refractivity contribution >= 4 is 37.0 Å². The average molecular weight is 250 g/mol. The fraction of sp³-hybridized carbons (Fsp3) is 0. The SMILES string of the molecule is Sc1ccc(S)c(Sc2ccccc2)c1. The van der Waals surface area contributed by atoms with E-state index in [-0.39, 0.29) is 0 Å². The largest absolute Gasteiger partial charge is 0.143 e. The summed E-state index contributed by atoms with van der Waals surface area (Å²) >= 11 is 10.4. The van der Waals surface area contributed by atoms with Gasteiger partial charge < -0.3 is 0 Å². The molecule has 0 aromatic heterocycles. The maximum atomic E-state index is 4.42. The highest BCUT2D eigenvalue weighted by Gasteiger charge is 2.01. The number of rotatable bonds is 2. The zero-order valence-corrected chi connectivity index (χ0v) is 10.5. The highest BCUT2D eigenvalue weighted by molar-refractivity contribution is 7.99. The quantitative estimate of drug-likeness (QED) is 0.744. The lowest BCUT2D eigenvalue weighted by Gasteiger charge is -2.05. The first-order valence-electron chi connectivity index (χ1n) is 4.50. The van der Waals surface area contributed by atoms with Gasteiger partial charge in [-0.1, -0.05) is 30.0 Å². The molecule has 0 saturated heterocycles. The minimum Gasteiger partial charge on any atom is -0.143 e. The van der Waals surface area contributed by atoms with Gasteiger partial charge in [-0.05, 0) is 30.3 Å².